The number of hydrogen-bond acceptors (Lipinski definition) is 3. The van der Waals surface area contributed by atoms with E-state index in [1.807, 2.05) is 36.5 Å². The average molecular weight is 386 g/mol. The van der Waals surface area contributed by atoms with Crippen LogP contribution >= 0.6 is 11.6 Å². The number of nitrogens with zero attached hydrogens (tertiary/aromatic N) is 3. The molecule has 0 unspecified atom stereocenters. The molecule has 6 heteroatoms. The highest BCUT2D eigenvalue weighted by molar-refractivity contribution is 6.31. The Balaban J connectivity index is 1.38. The van der Waals surface area contributed by atoms with E-state index >= 15 is 0 Å². The molecule has 27 heavy (non-hydrogen) atoms. The molecular weight excluding hydrogens is 358 g/mol. The summed E-state index contributed by atoms with van der Waals surface area (Å²) in [7, 11) is 1.81. The zero-order valence-corrected chi connectivity index (χ0v) is 16.6. The summed E-state index contributed by atoms with van der Waals surface area (Å²) in [4.78, 5) is 11.1. The Bertz CT molecular complexity index is 726. The van der Waals surface area contributed by atoms with Crippen molar-refractivity contribution in [1.82, 2.24) is 20.5 Å². The van der Waals surface area contributed by atoms with Crippen LogP contribution in [0.4, 0.5) is 0 Å². The molecule has 1 aromatic carbocycles. The first kappa shape index (κ1) is 19.6. The van der Waals surface area contributed by atoms with E-state index < -0.39 is 0 Å². The molecule has 0 saturated carbocycles. The second-order valence-corrected chi connectivity index (χ2v) is 7.35. The predicted molar refractivity (Wildman–Crippen MR) is 112 cm³/mol. The van der Waals surface area contributed by atoms with Crippen molar-refractivity contribution in [3.05, 3.63) is 64.9 Å². The summed E-state index contributed by atoms with van der Waals surface area (Å²) >= 11 is 6.29. The third-order valence-electron chi connectivity index (χ3n) is 5.00. The lowest BCUT2D eigenvalue weighted by Gasteiger charge is -2.32. The number of guanidine groups is 1. The second kappa shape index (κ2) is 10.3. The number of hydrogen-bond donors (Lipinski definition) is 2. The molecule has 1 aromatic heterocycles. The van der Waals surface area contributed by atoms with E-state index in [4.69, 9.17) is 11.6 Å². The van der Waals surface area contributed by atoms with Crippen molar-refractivity contribution in [2.75, 3.05) is 26.7 Å². The molecule has 3 rings (SSSR count). The zero-order valence-electron chi connectivity index (χ0n) is 15.9. The van der Waals surface area contributed by atoms with Crippen LogP contribution in [0, 0.1) is 5.92 Å². The molecule has 0 radical (unpaired) electrons. The van der Waals surface area contributed by atoms with Crippen LogP contribution in [0.2, 0.25) is 5.02 Å². The smallest absolute Gasteiger partial charge is 0.191 e. The first-order chi connectivity index (χ1) is 13.2. The molecule has 0 amide bonds. The summed E-state index contributed by atoms with van der Waals surface area (Å²) in [5.74, 6) is 1.50. The van der Waals surface area contributed by atoms with Crippen LogP contribution in [0.15, 0.2) is 53.7 Å². The largest absolute Gasteiger partial charge is 0.356 e. The van der Waals surface area contributed by atoms with Crippen molar-refractivity contribution in [3.63, 3.8) is 0 Å². The third kappa shape index (κ3) is 6.22. The number of pyridine rings is 1. The maximum absolute atomic E-state index is 6.29. The lowest BCUT2D eigenvalue weighted by atomic mass is 9.96. The summed E-state index contributed by atoms with van der Waals surface area (Å²) in [6.07, 6.45) is 4.19. The van der Waals surface area contributed by atoms with Crippen molar-refractivity contribution in [2.24, 2.45) is 10.9 Å². The first-order valence-electron chi connectivity index (χ1n) is 9.55. The Morgan fingerprint density at radius 3 is 2.63 bits per heavy atom. The molecule has 0 atom stereocenters. The average Bonchev–Trinajstić information content (AvgIpc) is 2.72. The first-order valence-corrected chi connectivity index (χ1v) is 9.92. The molecule has 5 nitrogen and oxygen atoms in total. The fraction of sp³-hybridized carbons (Fsp3) is 0.429. The van der Waals surface area contributed by atoms with E-state index in [-0.39, 0.29) is 0 Å². The molecule has 1 aliphatic rings. The van der Waals surface area contributed by atoms with Gasteiger partial charge in [0, 0.05) is 31.4 Å². The van der Waals surface area contributed by atoms with Gasteiger partial charge in [-0.15, -0.1) is 0 Å². The Morgan fingerprint density at radius 2 is 1.93 bits per heavy atom. The number of aromatic nitrogens is 1. The number of rotatable bonds is 6. The van der Waals surface area contributed by atoms with Crippen LogP contribution in [-0.4, -0.2) is 42.5 Å². The Hall–Kier alpha value is -2.11. The molecule has 2 aromatic rings. The van der Waals surface area contributed by atoms with Crippen molar-refractivity contribution in [2.45, 2.75) is 25.9 Å². The molecule has 144 valence electrons. The SMILES string of the molecule is CN=C(NCc1ccccn1)NCC1CCN(Cc2ccccc2Cl)CC1. The van der Waals surface area contributed by atoms with Gasteiger partial charge in [0.25, 0.3) is 0 Å². The molecule has 1 saturated heterocycles. The van der Waals surface area contributed by atoms with Gasteiger partial charge in [-0.3, -0.25) is 14.9 Å². The Morgan fingerprint density at radius 1 is 1.15 bits per heavy atom. The van der Waals surface area contributed by atoms with Crippen LogP contribution in [-0.2, 0) is 13.1 Å². The number of aliphatic imine (C=N–C) groups is 1. The minimum Gasteiger partial charge on any atom is -0.356 e. The lowest BCUT2D eigenvalue weighted by Crippen LogP contribution is -2.42. The standard InChI is InChI=1S/C21H28ClN5/c1-23-21(26-15-19-7-4-5-11-24-19)25-14-17-9-12-27(13-10-17)16-18-6-2-3-8-20(18)22/h2-8,11,17H,9-10,12-16H2,1H3,(H2,23,25,26). The Kier molecular flexibility index (Phi) is 7.48. The number of nitrogens with one attached hydrogen (secondary N) is 2. The van der Waals surface area contributed by atoms with E-state index in [9.17, 15) is 0 Å². The van der Waals surface area contributed by atoms with Gasteiger partial charge < -0.3 is 10.6 Å². The van der Waals surface area contributed by atoms with E-state index in [1.54, 1.807) is 7.05 Å². The van der Waals surface area contributed by atoms with Crippen LogP contribution in [0.3, 0.4) is 0 Å². The second-order valence-electron chi connectivity index (χ2n) is 6.94. The number of benzene rings is 1. The third-order valence-corrected chi connectivity index (χ3v) is 5.37. The summed E-state index contributed by atoms with van der Waals surface area (Å²) < 4.78 is 0. The normalized spacial score (nSPS) is 16.3. The lowest BCUT2D eigenvalue weighted by molar-refractivity contribution is 0.178. The van der Waals surface area contributed by atoms with Gasteiger partial charge in [-0.2, -0.15) is 0 Å². The highest BCUT2D eigenvalue weighted by Crippen LogP contribution is 2.21. The zero-order chi connectivity index (χ0) is 18.9. The van der Waals surface area contributed by atoms with Crippen LogP contribution in [0.1, 0.15) is 24.1 Å². The van der Waals surface area contributed by atoms with Crippen LogP contribution in [0.25, 0.3) is 0 Å². The van der Waals surface area contributed by atoms with Gasteiger partial charge in [-0.05, 0) is 55.6 Å². The van der Waals surface area contributed by atoms with E-state index in [2.05, 4.69) is 37.6 Å². The van der Waals surface area contributed by atoms with Crippen LogP contribution in [0.5, 0.6) is 0 Å². The maximum atomic E-state index is 6.29. The number of likely N-dealkylation sites (tertiary alicyclic amines) is 1. The van der Waals surface area contributed by atoms with Gasteiger partial charge in [-0.1, -0.05) is 35.9 Å². The molecule has 0 spiro atoms. The van der Waals surface area contributed by atoms with E-state index in [0.717, 1.165) is 42.9 Å². The summed E-state index contributed by atoms with van der Waals surface area (Å²) in [5, 5.41) is 7.64. The number of halogens is 1. The van der Waals surface area contributed by atoms with Gasteiger partial charge in [0.1, 0.15) is 0 Å². The monoisotopic (exact) mass is 385 g/mol. The Labute approximate surface area is 166 Å². The predicted octanol–water partition coefficient (Wildman–Crippen LogP) is 3.31. The van der Waals surface area contributed by atoms with Gasteiger partial charge in [-0.25, -0.2) is 0 Å². The molecule has 0 aliphatic carbocycles. The van der Waals surface area contributed by atoms with Crippen molar-refractivity contribution in [3.8, 4) is 0 Å². The fourth-order valence-electron chi connectivity index (χ4n) is 3.35. The fourth-order valence-corrected chi connectivity index (χ4v) is 3.55. The quantitative estimate of drug-likeness (QED) is 0.591. The molecular formula is C21H28ClN5. The topological polar surface area (TPSA) is 52.6 Å². The summed E-state index contributed by atoms with van der Waals surface area (Å²) in [6, 6.07) is 14.1. The summed E-state index contributed by atoms with van der Waals surface area (Å²) in [5.41, 5.74) is 2.23. The van der Waals surface area contributed by atoms with Crippen molar-refractivity contribution >= 4 is 17.6 Å². The summed E-state index contributed by atoms with van der Waals surface area (Å²) in [6.45, 7) is 4.78. The maximum Gasteiger partial charge on any atom is 0.191 e. The molecule has 2 N–H and O–H groups in total. The van der Waals surface area contributed by atoms with Gasteiger partial charge >= 0.3 is 0 Å². The van der Waals surface area contributed by atoms with E-state index in [0.29, 0.717) is 12.5 Å². The van der Waals surface area contributed by atoms with Gasteiger partial charge in [0.15, 0.2) is 5.96 Å². The molecule has 2 heterocycles. The minimum atomic E-state index is 0.667. The highest BCUT2D eigenvalue weighted by atomic mass is 35.5. The molecule has 1 fully saturated rings. The number of piperidine rings is 1. The van der Waals surface area contributed by atoms with Gasteiger partial charge in [0.05, 0.1) is 12.2 Å². The van der Waals surface area contributed by atoms with E-state index in [1.165, 1.54) is 18.4 Å². The van der Waals surface area contributed by atoms with Crippen molar-refractivity contribution in [1.29, 1.82) is 0 Å². The van der Waals surface area contributed by atoms with Crippen LogP contribution < -0.4 is 10.6 Å². The molecule has 0 bridgehead atoms. The minimum absolute atomic E-state index is 0.667. The van der Waals surface area contributed by atoms with Gasteiger partial charge in [0.2, 0.25) is 0 Å². The molecule has 1 aliphatic heterocycles. The highest BCUT2D eigenvalue weighted by Gasteiger charge is 2.20. The van der Waals surface area contributed by atoms with Crippen molar-refractivity contribution < 1.29 is 0 Å².